The van der Waals surface area contributed by atoms with Gasteiger partial charge in [-0.2, -0.15) is 0 Å². The molecular formula is C28H34N4O6S. The van der Waals surface area contributed by atoms with Crippen molar-refractivity contribution in [1.82, 2.24) is 15.0 Å². The number of nitrogens with zero attached hydrogens (tertiary/aromatic N) is 3. The molecule has 3 aromatic rings. The van der Waals surface area contributed by atoms with Crippen LogP contribution >= 0.6 is 0 Å². The number of aromatic nitrogens is 3. The summed E-state index contributed by atoms with van der Waals surface area (Å²) in [4.78, 5) is 26.2. The second-order valence-corrected chi connectivity index (χ2v) is 13.7. The Hall–Kier alpha value is -3.31. The molecule has 0 bridgehead atoms. The zero-order valence-corrected chi connectivity index (χ0v) is 23.8. The summed E-state index contributed by atoms with van der Waals surface area (Å²) in [5.41, 5.74) is -0.0996. The summed E-state index contributed by atoms with van der Waals surface area (Å²) in [6.07, 6.45) is 5.50. The number of aliphatic hydroxyl groups is 1. The summed E-state index contributed by atoms with van der Waals surface area (Å²) in [5.74, 6) is 0.858. The van der Waals surface area contributed by atoms with Crippen molar-refractivity contribution in [3.8, 4) is 5.88 Å². The summed E-state index contributed by atoms with van der Waals surface area (Å²) >= 11 is 0. The number of esters is 1. The number of hydrogen-bond acceptors (Lipinski definition) is 10. The van der Waals surface area contributed by atoms with Gasteiger partial charge in [-0.05, 0) is 50.8 Å². The van der Waals surface area contributed by atoms with Crippen LogP contribution in [0.25, 0.3) is 10.8 Å². The number of hydrogen-bond donors (Lipinski definition) is 2. The number of nitrogens with one attached hydrogen (secondary N) is 1. The van der Waals surface area contributed by atoms with Crippen molar-refractivity contribution in [2.75, 3.05) is 11.6 Å². The highest BCUT2D eigenvalue weighted by molar-refractivity contribution is 7.91. The van der Waals surface area contributed by atoms with Crippen LogP contribution in [0.1, 0.15) is 81.4 Å². The molecule has 1 fully saturated rings. The minimum Gasteiger partial charge on any atom is -0.474 e. The van der Waals surface area contributed by atoms with Gasteiger partial charge in [-0.25, -0.2) is 28.2 Å². The van der Waals surface area contributed by atoms with Gasteiger partial charge < -0.3 is 19.9 Å². The summed E-state index contributed by atoms with van der Waals surface area (Å²) < 4.78 is 35.2. The largest absolute Gasteiger partial charge is 0.474 e. The van der Waals surface area contributed by atoms with Crippen molar-refractivity contribution in [2.45, 2.75) is 82.4 Å². The number of sulfone groups is 1. The fraction of sp³-hybridized carbons (Fsp3) is 0.500. The molecule has 2 N–H and O–H groups in total. The number of carbonyl (C=O) groups excluding carboxylic acids is 1. The second kappa shape index (κ2) is 9.41. The SMILES string of the molecule is CC[C@](C)(O)c1cnc(OC2CC(S(C)(=O)=O)C2)c2cnc(Nc3ccc4c(n3)[C@@H](C)C(C)(C)OC4=O)cc12. The van der Waals surface area contributed by atoms with Crippen LogP contribution in [0.2, 0.25) is 0 Å². The zero-order chi connectivity index (χ0) is 28.3. The van der Waals surface area contributed by atoms with Crippen molar-refractivity contribution < 1.29 is 27.8 Å². The maximum Gasteiger partial charge on any atom is 0.340 e. The highest BCUT2D eigenvalue weighted by atomic mass is 32.2. The van der Waals surface area contributed by atoms with Gasteiger partial charge in [0.05, 0.1) is 27.5 Å². The maximum atomic E-state index is 12.5. The lowest BCUT2D eigenvalue weighted by Gasteiger charge is -2.36. The van der Waals surface area contributed by atoms with Crippen LogP contribution < -0.4 is 10.1 Å². The van der Waals surface area contributed by atoms with Crippen LogP contribution in [0, 0.1) is 0 Å². The molecule has 2 atom stereocenters. The van der Waals surface area contributed by atoms with E-state index in [9.17, 15) is 18.3 Å². The van der Waals surface area contributed by atoms with Crippen LogP contribution in [0.5, 0.6) is 5.88 Å². The summed E-state index contributed by atoms with van der Waals surface area (Å²) in [7, 11) is -3.10. The Morgan fingerprint density at radius 2 is 1.90 bits per heavy atom. The second-order valence-electron chi connectivity index (χ2n) is 11.4. The van der Waals surface area contributed by atoms with Crippen molar-refractivity contribution >= 4 is 38.2 Å². The van der Waals surface area contributed by atoms with Crippen molar-refractivity contribution in [1.29, 1.82) is 0 Å². The molecule has 5 rings (SSSR count). The van der Waals surface area contributed by atoms with Crippen LogP contribution in [0.4, 0.5) is 11.6 Å². The number of carbonyl (C=O) groups is 1. The van der Waals surface area contributed by atoms with Crippen molar-refractivity contribution in [2.24, 2.45) is 0 Å². The van der Waals surface area contributed by atoms with Crippen LogP contribution in [0.15, 0.2) is 30.6 Å². The Balaban J connectivity index is 1.49. The predicted octanol–water partition coefficient (Wildman–Crippen LogP) is 4.39. The third-order valence-electron chi connectivity index (χ3n) is 8.15. The van der Waals surface area contributed by atoms with Gasteiger partial charge in [-0.3, -0.25) is 0 Å². The monoisotopic (exact) mass is 554 g/mol. The molecule has 0 aromatic carbocycles. The number of fused-ring (bicyclic) bond motifs is 2. The van der Waals surface area contributed by atoms with Gasteiger partial charge in [0.15, 0.2) is 9.84 Å². The molecule has 1 saturated carbocycles. The molecule has 0 saturated heterocycles. The van der Waals surface area contributed by atoms with Crippen molar-refractivity contribution in [3.05, 3.63) is 47.4 Å². The molecule has 0 unspecified atom stereocenters. The van der Waals surface area contributed by atoms with Gasteiger partial charge in [-0.1, -0.05) is 13.8 Å². The average molecular weight is 555 g/mol. The zero-order valence-electron chi connectivity index (χ0n) is 23.0. The quantitative estimate of drug-likeness (QED) is 0.404. The van der Waals surface area contributed by atoms with E-state index in [0.717, 1.165) is 0 Å². The van der Waals surface area contributed by atoms with Gasteiger partial charge in [0.2, 0.25) is 5.88 Å². The van der Waals surface area contributed by atoms with E-state index in [2.05, 4.69) is 15.3 Å². The van der Waals surface area contributed by atoms with Crippen LogP contribution in [0.3, 0.4) is 0 Å². The number of anilines is 2. The highest BCUT2D eigenvalue weighted by Crippen LogP contribution is 2.39. The minimum atomic E-state index is -3.10. The van der Waals surface area contributed by atoms with Gasteiger partial charge in [0.25, 0.3) is 0 Å². The van der Waals surface area contributed by atoms with Gasteiger partial charge in [0.1, 0.15) is 23.3 Å². The smallest absolute Gasteiger partial charge is 0.340 e. The fourth-order valence-corrected chi connectivity index (χ4v) is 6.03. The normalized spacial score (nSPS) is 23.8. The third kappa shape index (κ3) is 5.05. The van der Waals surface area contributed by atoms with E-state index in [1.807, 2.05) is 33.8 Å². The molecular weight excluding hydrogens is 520 g/mol. The lowest BCUT2D eigenvalue weighted by atomic mass is 9.84. The Kier molecular flexibility index (Phi) is 6.58. The molecule has 11 heteroatoms. The molecule has 4 heterocycles. The first-order valence-corrected chi connectivity index (χ1v) is 15.0. The van der Waals surface area contributed by atoms with Crippen LogP contribution in [-0.4, -0.2) is 57.7 Å². The third-order valence-corrected chi connectivity index (χ3v) is 9.74. The molecule has 1 aliphatic heterocycles. The van der Waals surface area contributed by atoms with E-state index >= 15 is 0 Å². The molecule has 1 aliphatic carbocycles. The summed E-state index contributed by atoms with van der Waals surface area (Å²) in [6, 6.07) is 5.22. The Morgan fingerprint density at radius 1 is 1.18 bits per heavy atom. The van der Waals surface area contributed by atoms with Gasteiger partial charge in [0, 0.05) is 43.0 Å². The first kappa shape index (κ1) is 27.3. The Morgan fingerprint density at radius 3 is 2.56 bits per heavy atom. The first-order chi connectivity index (χ1) is 18.2. The standard InChI is InChI=1S/C28H34N4O6S/c1-7-28(5,34)21-14-30-25(37-16-10-17(11-16)39(6,35)36)20-13-29-23(12-19(20)21)31-22-9-8-18-24(32-22)15(2)27(3,4)38-26(18)33/h8-9,12-17,34H,7,10-11H2,1-6H3,(H,29,31,32)/t15-,16?,17?,28+/m1/s1. The van der Waals surface area contributed by atoms with E-state index in [4.69, 9.17) is 14.5 Å². The molecule has 0 spiro atoms. The van der Waals surface area contributed by atoms with Gasteiger partial charge >= 0.3 is 5.97 Å². The van der Waals surface area contributed by atoms with E-state index in [1.54, 1.807) is 31.5 Å². The van der Waals surface area contributed by atoms with Gasteiger partial charge in [-0.15, -0.1) is 0 Å². The predicted molar refractivity (Wildman–Crippen MR) is 147 cm³/mol. The molecule has 10 nitrogen and oxygen atoms in total. The van der Waals surface area contributed by atoms with E-state index in [0.29, 0.717) is 64.4 Å². The molecule has 208 valence electrons. The van der Waals surface area contributed by atoms with E-state index in [1.165, 1.54) is 6.26 Å². The Bertz CT molecular complexity index is 1560. The summed E-state index contributed by atoms with van der Waals surface area (Å²) in [5, 5.41) is 15.3. The fourth-order valence-electron chi connectivity index (χ4n) is 4.90. The number of ether oxygens (including phenoxy) is 2. The lowest BCUT2D eigenvalue weighted by Crippen LogP contribution is -2.42. The van der Waals surface area contributed by atoms with Crippen LogP contribution in [-0.2, 0) is 20.2 Å². The number of rotatable bonds is 7. The van der Waals surface area contributed by atoms with E-state index < -0.39 is 32.3 Å². The first-order valence-electron chi connectivity index (χ1n) is 13.1. The molecule has 39 heavy (non-hydrogen) atoms. The minimum absolute atomic E-state index is 0.109. The topological polar surface area (TPSA) is 141 Å². The van der Waals surface area contributed by atoms with Crippen molar-refractivity contribution in [3.63, 3.8) is 0 Å². The maximum absolute atomic E-state index is 12.5. The average Bonchev–Trinajstić information content (AvgIpc) is 2.83. The van der Waals surface area contributed by atoms with E-state index in [-0.39, 0.29) is 12.0 Å². The molecule has 0 radical (unpaired) electrons. The Labute approximate surface area is 228 Å². The molecule has 3 aromatic heterocycles. The lowest BCUT2D eigenvalue weighted by molar-refractivity contribution is -0.0189. The number of cyclic esters (lactones) is 1. The highest BCUT2D eigenvalue weighted by Gasteiger charge is 2.40. The summed E-state index contributed by atoms with van der Waals surface area (Å²) in [6.45, 7) is 9.33. The molecule has 0 amide bonds. The molecule has 2 aliphatic rings. The number of pyridine rings is 3.